The van der Waals surface area contributed by atoms with Gasteiger partial charge in [0.15, 0.2) is 0 Å². The van der Waals surface area contributed by atoms with E-state index in [0.717, 1.165) is 5.56 Å². The Balaban J connectivity index is 2.56. The molecule has 0 amide bonds. The van der Waals surface area contributed by atoms with Gasteiger partial charge >= 0.3 is 0 Å². The van der Waals surface area contributed by atoms with Gasteiger partial charge in [-0.25, -0.2) is 0 Å². The maximum atomic E-state index is 9.59. The third kappa shape index (κ3) is 1.50. The predicted octanol–water partition coefficient (Wildman–Crippen LogP) is 2.81. The van der Waals surface area contributed by atoms with Gasteiger partial charge in [0.25, 0.3) is 0 Å². The summed E-state index contributed by atoms with van der Waals surface area (Å²) in [4.78, 5) is 0. The second kappa shape index (κ2) is 3.37. The van der Waals surface area contributed by atoms with Gasteiger partial charge in [-0.3, -0.25) is 0 Å². The molecule has 2 nitrogen and oxygen atoms in total. The summed E-state index contributed by atoms with van der Waals surface area (Å²) in [6.45, 7) is 0.480. The van der Waals surface area contributed by atoms with Crippen molar-refractivity contribution in [3.05, 3.63) is 27.7 Å². The molecule has 0 fully saturated rings. The molecule has 70 valence electrons. The van der Waals surface area contributed by atoms with Gasteiger partial charge in [-0.1, -0.05) is 29.3 Å². The van der Waals surface area contributed by atoms with Crippen LogP contribution in [-0.4, -0.2) is 11.7 Å². The average molecular weight is 219 g/mol. The van der Waals surface area contributed by atoms with E-state index in [1.807, 2.05) is 0 Å². The summed E-state index contributed by atoms with van der Waals surface area (Å²) in [5.74, 6) is 0.521. The fourth-order valence-corrected chi connectivity index (χ4v) is 1.76. The van der Waals surface area contributed by atoms with Crippen molar-refractivity contribution in [2.45, 2.75) is 12.5 Å². The molecule has 1 aliphatic rings. The number of aliphatic hydroxyl groups is 1. The van der Waals surface area contributed by atoms with Crippen LogP contribution in [0, 0.1) is 0 Å². The van der Waals surface area contributed by atoms with E-state index < -0.39 is 6.10 Å². The first-order chi connectivity index (χ1) is 6.20. The van der Waals surface area contributed by atoms with E-state index in [0.29, 0.717) is 28.8 Å². The molecule has 0 bridgehead atoms. The number of fused-ring (bicyclic) bond motifs is 1. The van der Waals surface area contributed by atoms with Crippen LogP contribution in [0.5, 0.6) is 5.75 Å². The lowest BCUT2D eigenvalue weighted by Gasteiger charge is -2.23. The summed E-state index contributed by atoms with van der Waals surface area (Å²) in [6.07, 6.45) is 0.115. The minimum atomic E-state index is -0.487. The molecule has 1 N–H and O–H groups in total. The van der Waals surface area contributed by atoms with Gasteiger partial charge in [-0.2, -0.15) is 0 Å². The number of aliphatic hydroxyl groups excluding tert-OH is 1. The van der Waals surface area contributed by atoms with E-state index in [1.165, 1.54) is 0 Å². The summed E-state index contributed by atoms with van der Waals surface area (Å²) in [5, 5.41) is 10.4. The van der Waals surface area contributed by atoms with Gasteiger partial charge in [0.1, 0.15) is 10.8 Å². The Bertz CT molecular complexity index is 339. The van der Waals surface area contributed by atoms with Gasteiger partial charge in [-0.15, -0.1) is 0 Å². The predicted molar refractivity (Wildman–Crippen MR) is 51.5 cm³/mol. The number of hydrogen-bond donors (Lipinski definition) is 1. The highest BCUT2D eigenvalue weighted by atomic mass is 35.5. The molecule has 1 aromatic rings. The molecule has 0 aliphatic carbocycles. The largest absolute Gasteiger partial charge is 0.491 e. The lowest BCUT2D eigenvalue weighted by Crippen LogP contribution is -2.13. The number of ether oxygens (including phenoxy) is 1. The molecule has 0 radical (unpaired) electrons. The molecule has 1 aliphatic heterocycles. The van der Waals surface area contributed by atoms with Crippen molar-refractivity contribution >= 4 is 23.2 Å². The monoisotopic (exact) mass is 218 g/mol. The molecule has 2 rings (SSSR count). The van der Waals surface area contributed by atoms with Crippen LogP contribution in [0.4, 0.5) is 0 Å². The molecule has 0 saturated carbocycles. The van der Waals surface area contributed by atoms with Gasteiger partial charge in [-0.05, 0) is 6.07 Å². The van der Waals surface area contributed by atoms with Crippen LogP contribution < -0.4 is 4.74 Å². The molecule has 0 unspecified atom stereocenters. The summed E-state index contributed by atoms with van der Waals surface area (Å²) in [6, 6.07) is 3.41. The fraction of sp³-hybridized carbons (Fsp3) is 0.333. The maximum Gasteiger partial charge on any atom is 0.145 e. The van der Waals surface area contributed by atoms with E-state index in [2.05, 4.69) is 0 Å². The van der Waals surface area contributed by atoms with Crippen molar-refractivity contribution in [3.63, 3.8) is 0 Å². The first kappa shape index (κ1) is 9.13. The van der Waals surface area contributed by atoms with Crippen LogP contribution >= 0.6 is 23.2 Å². The first-order valence-electron chi connectivity index (χ1n) is 3.99. The molecular formula is C9H8Cl2O2. The molecule has 1 heterocycles. The van der Waals surface area contributed by atoms with Crippen LogP contribution in [0.1, 0.15) is 18.1 Å². The fourth-order valence-electron chi connectivity index (χ4n) is 1.38. The summed E-state index contributed by atoms with van der Waals surface area (Å²) in [5.41, 5.74) is 0.723. The van der Waals surface area contributed by atoms with Crippen LogP contribution in [0.3, 0.4) is 0 Å². The quantitative estimate of drug-likeness (QED) is 0.726. The molecule has 0 spiro atoms. The summed E-state index contributed by atoms with van der Waals surface area (Å²) < 4.78 is 5.33. The van der Waals surface area contributed by atoms with Crippen molar-refractivity contribution < 1.29 is 9.84 Å². The van der Waals surface area contributed by atoms with Gasteiger partial charge < -0.3 is 9.84 Å². The minimum Gasteiger partial charge on any atom is -0.491 e. The summed E-state index contributed by atoms with van der Waals surface area (Å²) >= 11 is 11.7. The van der Waals surface area contributed by atoms with Crippen LogP contribution in [0.25, 0.3) is 0 Å². The zero-order valence-corrected chi connectivity index (χ0v) is 8.27. The number of benzene rings is 1. The molecule has 4 heteroatoms. The van der Waals surface area contributed by atoms with E-state index in [4.69, 9.17) is 27.9 Å². The summed E-state index contributed by atoms with van der Waals surface area (Å²) in [7, 11) is 0. The molecule has 0 saturated heterocycles. The Hall–Kier alpha value is -0.440. The van der Waals surface area contributed by atoms with E-state index in [1.54, 1.807) is 12.1 Å². The number of rotatable bonds is 0. The van der Waals surface area contributed by atoms with Crippen molar-refractivity contribution in [1.29, 1.82) is 0 Å². The topological polar surface area (TPSA) is 29.5 Å². The van der Waals surface area contributed by atoms with Gasteiger partial charge in [0, 0.05) is 12.0 Å². The standard InChI is InChI=1S/C9H8Cl2O2/c10-6-2-1-5-7(12)3-4-13-9(5)8(6)11/h1-2,7,12H,3-4H2/t7-/m1/s1. The van der Waals surface area contributed by atoms with Crippen molar-refractivity contribution in [2.24, 2.45) is 0 Å². The van der Waals surface area contributed by atoms with Gasteiger partial charge in [0.2, 0.25) is 0 Å². The molecule has 1 aromatic carbocycles. The molecule has 13 heavy (non-hydrogen) atoms. The van der Waals surface area contributed by atoms with Crippen LogP contribution in [0.2, 0.25) is 10.0 Å². The highest BCUT2D eigenvalue weighted by Gasteiger charge is 2.22. The van der Waals surface area contributed by atoms with E-state index in [9.17, 15) is 5.11 Å². The normalized spacial score (nSPS) is 20.7. The van der Waals surface area contributed by atoms with Crippen LogP contribution in [0.15, 0.2) is 12.1 Å². The SMILES string of the molecule is O[C@@H]1CCOc2c1ccc(Cl)c2Cl. The second-order valence-electron chi connectivity index (χ2n) is 2.93. The molecule has 1 atom stereocenters. The smallest absolute Gasteiger partial charge is 0.145 e. The zero-order chi connectivity index (χ0) is 9.42. The van der Waals surface area contributed by atoms with Crippen molar-refractivity contribution in [2.75, 3.05) is 6.61 Å². The second-order valence-corrected chi connectivity index (χ2v) is 3.72. The van der Waals surface area contributed by atoms with Crippen molar-refractivity contribution in [3.8, 4) is 5.75 Å². The first-order valence-corrected chi connectivity index (χ1v) is 4.74. The molecular weight excluding hydrogens is 211 g/mol. The van der Waals surface area contributed by atoms with E-state index >= 15 is 0 Å². The van der Waals surface area contributed by atoms with Crippen molar-refractivity contribution in [1.82, 2.24) is 0 Å². The van der Waals surface area contributed by atoms with Gasteiger partial charge in [0.05, 0.1) is 17.7 Å². The van der Waals surface area contributed by atoms with E-state index in [-0.39, 0.29) is 0 Å². The third-order valence-electron chi connectivity index (χ3n) is 2.08. The minimum absolute atomic E-state index is 0.387. The molecule has 0 aromatic heterocycles. The highest BCUT2D eigenvalue weighted by Crippen LogP contribution is 2.41. The Labute approximate surface area is 86.0 Å². The Morgan fingerprint density at radius 2 is 2.15 bits per heavy atom. The lowest BCUT2D eigenvalue weighted by atomic mass is 10.0. The lowest BCUT2D eigenvalue weighted by molar-refractivity contribution is 0.115. The number of hydrogen-bond acceptors (Lipinski definition) is 2. The average Bonchev–Trinajstić information content (AvgIpc) is 2.12. The maximum absolute atomic E-state index is 9.59. The zero-order valence-electron chi connectivity index (χ0n) is 6.76. The Morgan fingerprint density at radius 1 is 1.38 bits per heavy atom. The van der Waals surface area contributed by atoms with Crippen LogP contribution in [-0.2, 0) is 0 Å². The number of halogens is 2. The Kier molecular flexibility index (Phi) is 2.37. The Morgan fingerprint density at radius 3 is 2.92 bits per heavy atom. The highest BCUT2D eigenvalue weighted by molar-refractivity contribution is 6.43. The third-order valence-corrected chi connectivity index (χ3v) is 2.86.